The Labute approximate surface area is 167 Å². The Morgan fingerprint density at radius 3 is 2.68 bits per heavy atom. The highest BCUT2D eigenvalue weighted by molar-refractivity contribution is 5.80. The summed E-state index contributed by atoms with van der Waals surface area (Å²) in [7, 11) is 3.47. The number of nitrogens with one attached hydrogen (secondary N) is 1. The van der Waals surface area contributed by atoms with Gasteiger partial charge < -0.3 is 15.0 Å². The fourth-order valence-electron chi connectivity index (χ4n) is 3.23. The predicted octanol–water partition coefficient (Wildman–Crippen LogP) is 2.50. The number of methoxy groups -OCH3 is 1. The van der Waals surface area contributed by atoms with Crippen LogP contribution in [-0.4, -0.2) is 67.6 Å². The zero-order valence-corrected chi connectivity index (χ0v) is 16.7. The highest BCUT2D eigenvalue weighted by Crippen LogP contribution is 2.09. The lowest BCUT2D eigenvalue weighted by atomic mass is 10.2. The van der Waals surface area contributed by atoms with Crippen LogP contribution in [0.15, 0.2) is 59.7 Å². The standard InChI is InChI=1S/C22H29N5O/c1-23-22(25-18-20-10-11-24-21(17-20)28-2)27-15-13-26(14-16-27)12-6-9-19-7-4-3-5-8-19/h3-11,17H,12-16,18H2,1-2H3,(H,23,25)/b9-6+. The predicted molar refractivity (Wildman–Crippen MR) is 114 cm³/mol. The SMILES string of the molecule is CN=C(NCc1ccnc(OC)c1)N1CCN(C/C=C/c2ccccc2)CC1. The minimum atomic E-state index is 0.631. The van der Waals surface area contributed by atoms with Crippen LogP contribution in [0.3, 0.4) is 0 Å². The first-order valence-corrected chi connectivity index (χ1v) is 9.67. The Balaban J connectivity index is 1.44. The number of guanidine groups is 1. The van der Waals surface area contributed by atoms with Crippen LogP contribution in [0.5, 0.6) is 5.88 Å². The van der Waals surface area contributed by atoms with E-state index in [1.54, 1.807) is 13.3 Å². The summed E-state index contributed by atoms with van der Waals surface area (Å²) in [5.74, 6) is 1.57. The molecule has 0 radical (unpaired) electrons. The molecule has 28 heavy (non-hydrogen) atoms. The number of hydrogen-bond donors (Lipinski definition) is 1. The average molecular weight is 380 g/mol. The van der Waals surface area contributed by atoms with Crippen LogP contribution in [0.4, 0.5) is 0 Å². The average Bonchev–Trinajstić information content (AvgIpc) is 2.76. The van der Waals surface area contributed by atoms with Gasteiger partial charge in [0.05, 0.1) is 7.11 Å². The van der Waals surface area contributed by atoms with E-state index in [-0.39, 0.29) is 0 Å². The number of ether oxygens (including phenoxy) is 1. The van der Waals surface area contributed by atoms with Crippen LogP contribution in [0.25, 0.3) is 6.08 Å². The second-order valence-corrected chi connectivity index (χ2v) is 6.71. The van der Waals surface area contributed by atoms with Gasteiger partial charge in [0.2, 0.25) is 5.88 Å². The molecule has 2 heterocycles. The van der Waals surface area contributed by atoms with Gasteiger partial charge in [0.25, 0.3) is 0 Å². The summed E-state index contributed by atoms with van der Waals surface area (Å²) < 4.78 is 5.19. The smallest absolute Gasteiger partial charge is 0.213 e. The third-order valence-electron chi connectivity index (χ3n) is 4.82. The van der Waals surface area contributed by atoms with Gasteiger partial charge in [-0.3, -0.25) is 9.89 Å². The highest BCUT2D eigenvalue weighted by Gasteiger charge is 2.18. The monoisotopic (exact) mass is 379 g/mol. The van der Waals surface area contributed by atoms with E-state index in [0.717, 1.165) is 44.2 Å². The lowest BCUT2D eigenvalue weighted by molar-refractivity contribution is 0.194. The molecule has 0 aliphatic carbocycles. The summed E-state index contributed by atoms with van der Waals surface area (Å²) in [5.41, 5.74) is 2.37. The van der Waals surface area contributed by atoms with E-state index >= 15 is 0 Å². The van der Waals surface area contributed by atoms with Crippen molar-refractivity contribution in [3.63, 3.8) is 0 Å². The van der Waals surface area contributed by atoms with Crippen molar-refractivity contribution in [2.24, 2.45) is 4.99 Å². The molecule has 1 aliphatic heterocycles. The zero-order valence-electron chi connectivity index (χ0n) is 16.7. The number of pyridine rings is 1. The number of benzene rings is 1. The molecule has 6 nitrogen and oxygen atoms in total. The highest BCUT2D eigenvalue weighted by atomic mass is 16.5. The molecule has 1 N–H and O–H groups in total. The molecule has 0 bridgehead atoms. The van der Waals surface area contributed by atoms with Gasteiger partial charge in [0.1, 0.15) is 0 Å². The molecular formula is C22H29N5O. The van der Waals surface area contributed by atoms with Crippen molar-refractivity contribution in [2.75, 3.05) is 46.9 Å². The molecular weight excluding hydrogens is 350 g/mol. The lowest BCUT2D eigenvalue weighted by Gasteiger charge is -2.36. The molecule has 1 saturated heterocycles. The van der Waals surface area contributed by atoms with E-state index in [1.165, 1.54) is 5.56 Å². The summed E-state index contributed by atoms with van der Waals surface area (Å²) in [6.45, 7) is 5.68. The first kappa shape index (κ1) is 19.9. The van der Waals surface area contributed by atoms with E-state index in [2.05, 4.69) is 61.5 Å². The number of aromatic nitrogens is 1. The number of piperazine rings is 1. The van der Waals surface area contributed by atoms with Crippen molar-refractivity contribution in [1.29, 1.82) is 0 Å². The fraction of sp³-hybridized carbons (Fsp3) is 0.364. The first-order chi connectivity index (χ1) is 13.8. The molecule has 0 saturated carbocycles. The molecule has 2 aromatic rings. The third kappa shape index (κ3) is 5.82. The minimum Gasteiger partial charge on any atom is -0.481 e. The summed E-state index contributed by atoms with van der Waals surface area (Å²) in [4.78, 5) is 13.4. The summed E-state index contributed by atoms with van der Waals surface area (Å²) in [5, 5.41) is 3.45. The van der Waals surface area contributed by atoms with Crippen molar-refractivity contribution in [2.45, 2.75) is 6.54 Å². The molecule has 3 rings (SSSR count). The maximum atomic E-state index is 5.19. The number of aliphatic imine (C=N–C) groups is 1. The zero-order chi connectivity index (χ0) is 19.6. The largest absolute Gasteiger partial charge is 0.481 e. The Morgan fingerprint density at radius 2 is 1.96 bits per heavy atom. The first-order valence-electron chi connectivity index (χ1n) is 9.67. The summed E-state index contributed by atoms with van der Waals surface area (Å²) in [6.07, 6.45) is 6.20. The van der Waals surface area contributed by atoms with E-state index in [0.29, 0.717) is 12.4 Å². The van der Waals surface area contributed by atoms with E-state index < -0.39 is 0 Å². The second-order valence-electron chi connectivity index (χ2n) is 6.71. The summed E-state index contributed by atoms with van der Waals surface area (Å²) >= 11 is 0. The molecule has 0 spiro atoms. The molecule has 1 fully saturated rings. The minimum absolute atomic E-state index is 0.631. The Morgan fingerprint density at radius 1 is 1.18 bits per heavy atom. The van der Waals surface area contributed by atoms with Gasteiger partial charge in [-0.2, -0.15) is 0 Å². The number of hydrogen-bond acceptors (Lipinski definition) is 4. The molecule has 1 aromatic heterocycles. The van der Waals surface area contributed by atoms with E-state index in [9.17, 15) is 0 Å². The molecule has 0 atom stereocenters. The van der Waals surface area contributed by atoms with Gasteiger partial charge >= 0.3 is 0 Å². The molecule has 1 aromatic carbocycles. The lowest BCUT2D eigenvalue weighted by Crippen LogP contribution is -2.52. The van der Waals surface area contributed by atoms with E-state index in [4.69, 9.17) is 4.74 Å². The van der Waals surface area contributed by atoms with Crippen molar-refractivity contribution in [3.8, 4) is 5.88 Å². The second kappa shape index (κ2) is 10.5. The van der Waals surface area contributed by atoms with Crippen LogP contribution in [-0.2, 0) is 6.54 Å². The topological polar surface area (TPSA) is 53.0 Å². The number of nitrogens with zero attached hydrogens (tertiary/aromatic N) is 4. The molecule has 0 amide bonds. The molecule has 148 valence electrons. The van der Waals surface area contributed by atoms with Crippen molar-refractivity contribution in [1.82, 2.24) is 20.1 Å². The van der Waals surface area contributed by atoms with Gasteiger partial charge in [-0.15, -0.1) is 0 Å². The van der Waals surface area contributed by atoms with Crippen LogP contribution in [0.1, 0.15) is 11.1 Å². The van der Waals surface area contributed by atoms with Gasteiger partial charge in [-0.05, 0) is 17.2 Å². The molecule has 0 unspecified atom stereocenters. The normalized spacial score (nSPS) is 15.8. The van der Waals surface area contributed by atoms with Crippen molar-refractivity contribution >= 4 is 12.0 Å². The van der Waals surface area contributed by atoms with Crippen LogP contribution in [0.2, 0.25) is 0 Å². The van der Waals surface area contributed by atoms with Crippen LogP contribution < -0.4 is 10.1 Å². The number of rotatable bonds is 6. The fourth-order valence-corrected chi connectivity index (χ4v) is 3.23. The quantitative estimate of drug-likeness (QED) is 0.617. The summed E-state index contributed by atoms with van der Waals surface area (Å²) in [6, 6.07) is 14.4. The van der Waals surface area contributed by atoms with E-state index in [1.807, 2.05) is 25.2 Å². The van der Waals surface area contributed by atoms with Crippen LogP contribution in [0, 0.1) is 0 Å². The maximum Gasteiger partial charge on any atom is 0.213 e. The maximum absolute atomic E-state index is 5.19. The molecule has 1 aliphatic rings. The van der Waals surface area contributed by atoms with Gasteiger partial charge in [0, 0.05) is 58.6 Å². The van der Waals surface area contributed by atoms with Crippen LogP contribution >= 0.6 is 0 Å². The van der Waals surface area contributed by atoms with Gasteiger partial charge in [-0.1, -0.05) is 42.5 Å². The van der Waals surface area contributed by atoms with Crippen molar-refractivity contribution in [3.05, 3.63) is 65.9 Å². The Hall–Kier alpha value is -2.86. The Bertz CT molecular complexity index is 783. The third-order valence-corrected chi connectivity index (χ3v) is 4.82. The van der Waals surface area contributed by atoms with Gasteiger partial charge in [-0.25, -0.2) is 4.98 Å². The Kier molecular flexibility index (Phi) is 7.44. The van der Waals surface area contributed by atoms with Crippen molar-refractivity contribution < 1.29 is 4.74 Å². The molecule has 6 heteroatoms. The van der Waals surface area contributed by atoms with Gasteiger partial charge in [0.15, 0.2) is 5.96 Å².